The van der Waals surface area contributed by atoms with Crippen LogP contribution in [0.3, 0.4) is 0 Å². The van der Waals surface area contributed by atoms with Crippen LogP contribution in [0.2, 0.25) is 0 Å². The largest absolute Gasteiger partial charge is 0.332 e. The predicted molar refractivity (Wildman–Crippen MR) is 117 cm³/mol. The maximum Gasteiger partial charge on any atom is 0.315 e. The van der Waals surface area contributed by atoms with Gasteiger partial charge in [0, 0.05) is 17.4 Å². The molecule has 2 heterocycles. The van der Waals surface area contributed by atoms with E-state index in [0.717, 1.165) is 44.3 Å². The van der Waals surface area contributed by atoms with Crippen LogP contribution < -0.4 is 16.4 Å². The van der Waals surface area contributed by atoms with E-state index in [1.165, 1.54) is 0 Å². The Morgan fingerprint density at radius 2 is 2.04 bits per heavy atom. The van der Waals surface area contributed by atoms with Gasteiger partial charge in [-0.25, -0.2) is 4.79 Å². The second-order valence-electron chi connectivity index (χ2n) is 7.34. The molecule has 0 aromatic carbocycles. The number of rotatable bonds is 12. The lowest BCUT2D eigenvalue weighted by molar-refractivity contribution is -0.132. The highest BCUT2D eigenvalue weighted by Crippen LogP contribution is 2.33. The predicted octanol–water partition coefficient (Wildman–Crippen LogP) is 2.37. The Labute approximate surface area is 179 Å². The summed E-state index contributed by atoms with van der Waals surface area (Å²) in [7, 11) is 0. The van der Waals surface area contributed by atoms with E-state index in [-0.39, 0.29) is 35.8 Å². The number of Topliss-reactive ketones (excluding diaryl/α,β-unsaturated/α-hetero) is 1. The summed E-state index contributed by atoms with van der Waals surface area (Å²) >= 11 is 3.89. The summed E-state index contributed by atoms with van der Waals surface area (Å²) < 4.78 is 1.60. The maximum absolute atomic E-state index is 12.5. The Morgan fingerprint density at radius 1 is 1.26 bits per heavy atom. The highest BCUT2D eigenvalue weighted by molar-refractivity contribution is 14.1. The summed E-state index contributed by atoms with van der Waals surface area (Å²) in [5.74, 6) is 1.03. The van der Waals surface area contributed by atoms with Crippen molar-refractivity contribution in [1.29, 1.82) is 0 Å². The number of carbonyl (C=O) groups excluding carboxylic acids is 3. The second kappa shape index (κ2) is 11.5. The van der Waals surface area contributed by atoms with Crippen LogP contribution >= 0.6 is 34.6 Å². The van der Waals surface area contributed by atoms with Gasteiger partial charge in [-0.3, -0.25) is 12.7 Å². The Morgan fingerprint density at radius 3 is 2.74 bits per heavy atom. The molecular weight excluding hydrogens is 479 g/mol. The minimum Gasteiger partial charge on any atom is -0.332 e. The summed E-state index contributed by atoms with van der Waals surface area (Å²) in [4.78, 5) is 35.8. The number of nitrogens with one attached hydrogen (secondary N) is 2. The van der Waals surface area contributed by atoms with Crippen molar-refractivity contribution in [3.8, 4) is 0 Å². The van der Waals surface area contributed by atoms with Crippen LogP contribution in [0.15, 0.2) is 0 Å². The minimum absolute atomic E-state index is 0.0300. The molecule has 2 aliphatic rings. The fourth-order valence-corrected chi connectivity index (χ4v) is 6.14. The van der Waals surface area contributed by atoms with E-state index in [2.05, 4.69) is 10.6 Å². The Hall–Kier alpha value is -0.550. The molecule has 0 radical (unpaired) electrons. The number of nitrogens with two attached hydrogens (primary N) is 1. The van der Waals surface area contributed by atoms with Gasteiger partial charge >= 0.3 is 6.03 Å². The van der Waals surface area contributed by atoms with Gasteiger partial charge in [0.1, 0.15) is 0 Å². The molecule has 2 aliphatic heterocycles. The molecule has 2 saturated heterocycles. The molecule has 1 unspecified atom stereocenters. The third kappa shape index (κ3) is 6.77. The van der Waals surface area contributed by atoms with Gasteiger partial charge in [0.25, 0.3) is 0 Å². The molecule has 0 saturated carbocycles. The van der Waals surface area contributed by atoms with E-state index in [9.17, 15) is 14.4 Å². The van der Waals surface area contributed by atoms with Crippen LogP contribution in [0.25, 0.3) is 0 Å². The topological polar surface area (TPSA) is 105 Å². The van der Waals surface area contributed by atoms with E-state index >= 15 is 0 Å². The SMILES string of the molecule is CC(=O)C(CCCCCN)N(I)C(=O)CCCC[C@@H]1SC[C@@H]2NC(=O)N[C@@H]21. The van der Waals surface area contributed by atoms with E-state index in [0.29, 0.717) is 24.6 Å². The first-order chi connectivity index (χ1) is 12.9. The minimum atomic E-state index is -0.332. The van der Waals surface area contributed by atoms with Gasteiger partial charge in [0.15, 0.2) is 5.78 Å². The van der Waals surface area contributed by atoms with Crippen molar-refractivity contribution in [2.45, 2.75) is 81.7 Å². The summed E-state index contributed by atoms with van der Waals surface area (Å²) in [6, 6.07) is 0.0685. The van der Waals surface area contributed by atoms with Crippen molar-refractivity contribution >= 4 is 52.3 Å². The van der Waals surface area contributed by atoms with Crippen molar-refractivity contribution in [2.75, 3.05) is 12.3 Å². The van der Waals surface area contributed by atoms with Crippen LogP contribution in [0.1, 0.15) is 58.3 Å². The fourth-order valence-electron chi connectivity index (χ4n) is 3.68. The lowest BCUT2D eigenvalue weighted by Gasteiger charge is -2.24. The van der Waals surface area contributed by atoms with Gasteiger partial charge in [-0.15, -0.1) is 0 Å². The molecule has 2 fully saturated rings. The molecule has 0 bridgehead atoms. The maximum atomic E-state index is 12.5. The number of hydrogen-bond acceptors (Lipinski definition) is 5. The summed E-state index contributed by atoms with van der Waals surface area (Å²) in [6.45, 7) is 2.22. The summed E-state index contributed by atoms with van der Waals surface area (Å²) in [6.07, 6.45) is 6.79. The Balaban J connectivity index is 1.67. The van der Waals surface area contributed by atoms with Gasteiger partial charge in [-0.05, 0) is 39.2 Å². The van der Waals surface area contributed by atoms with Crippen molar-refractivity contribution in [3.05, 3.63) is 0 Å². The number of fused-ring (bicyclic) bond motifs is 1. The third-order valence-corrected chi connectivity index (χ3v) is 7.95. The van der Waals surface area contributed by atoms with Crippen molar-refractivity contribution in [2.24, 2.45) is 5.73 Å². The van der Waals surface area contributed by atoms with Gasteiger partial charge in [-0.1, -0.05) is 19.3 Å². The lowest BCUT2D eigenvalue weighted by Crippen LogP contribution is -2.37. The van der Waals surface area contributed by atoms with Crippen molar-refractivity contribution < 1.29 is 14.4 Å². The zero-order chi connectivity index (χ0) is 19.8. The second-order valence-corrected chi connectivity index (χ2v) is 9.65. The molecule has 27 heavy (non-hydrogen) atoms. The number of amides is 3. The van der Waals surface area contributed by atoms with Gasteiger partial charge in [0.2, 0.25) is 5.91 Å². The van der Waals surface area contributed by atoms with Crippen molar-refractivity contribution in [1.82, 2.24) is 13.7 Å². The molecule has 0 aliphatic carbocycles. The number of hydrogen-bond donors (Lipinski definition) is 3. The molecule has 154 valence electrons. The first-order valence-electron chi connectivity index (χ1n) is 9.81. The first-order valence-corrected chi connectivity index (χ1v) is 11.8. The molecular formula is C18H31IN4O3S. The number of unbranched alkanes of at least 4 members (excludes halogenated alkanes) is 3. The average Bonchev–Trinajstić information content (AvgIpc) is 3.17. The standard InChI is InChI=1S/C18H31IN4O3S/c1-12(24)14(7-3-2-6-10-20)23(19)16(25)9-5-4-8-15-17-13(11-27-15)21-18(26)22-17/h13-15,17H,2-11,20H2,1H3,(H2,21,22,26)/t13-,14?,15-,17-/m0/s1. The molecule has 3 amide bonds. The zero-order valence-electron chi connectivity index (χ0n) is 15.9. The van der Waals surface area contributed by atoms with Crippen LogP contribution in [-0.2, 0) is 9.59 Å². The quantitative estimate of drug-likeness (QED) is 0.162. The smallest absolute Gasteiger partial charge is 0.315 e. The van der Waals surface area contributed by atoms with Crippen LogP contribution in [-0.4, -0.2) is 56.5 Å². The van der Waals surface area contributed by atoms with Crippen LogP contribution in [0.5, 0.6) is 0 Å². The molecule has 0 spiro atoms. The van der Waals surface area contributed by atoms with E-state index in [4.69, 9.17) is 5.73 Å². The molecule has 9 heteroatoms. The molecule has 7 nitrogen and oxygen atoms in total. The number of urea groups is 1. The van der Waals surface area contributed by atoms with E-state index in [1.54, 1.807) is 10.0 Å². The Bertz CT molecular complexity index is 537. The van der Waals surface area contributed by atoms with Gasteiger partial charge in [-0.2, -0.15) is 11.8 Å². The summed E-state index contributed by atoms with van der Waals surface area (Å²) in [5, 5.41) is 6.37. The zero-order valence-corrected chi connectivity index (χ0v) is 18.9. The summed E-state index contributed by atoms with van der Waals surface area (Å²) in [5.41, 5.74) is 5.50. The Kier molecular flexibility index (Phi) is 9.64. The van der Waals surface area contributed by atoms with Crippen LogP contribution in [0, 0.1) is 0 Å². The number of halogens is 1. The number of ketones is 1. The monoisotopic (exact) mass is 510 g/mol. The fraction of sp³-hybridized carbons (Fsp3) is 0.833. The van der Waals surface area contributed by atoms with Crippen molar-refractivity contribution in [3.63, 3.8) is 0 Å². The van der Waals surface area contributed by atoms with Gasteiger partial charge in [0.05, 0.1) is 41.0 Å². The van der Waals surface area contributed by atoms with Crippen LogP contribution in [0.4, 0.5) is 4.79 Å². The molecule has 0 aromatic rings. The highest BCUT2D eigenvalue weighted by atomic mass is 127. The number of carbonyl (C=O) groups is 3. The number of thioether (sulfide) groups is 1. The third-order valence-electron chi connectivity index (χ3n) is 5.23. The van der Waals surface area contributed by atoms with E-state index < -0.39 is 0 Å². The molecule has 4 N–H and O–H groups in total. The lowest BCUT2D eigenvalue weighted by atomic mass is 10.0. The molecule has 0 aromatic heterocycles. The molecule has 2 rings (SSSR count). The highest BCUT2D eigenvalue weighted by Gasteiger charge is 2.42. The van der Waals surface area contributed by atoms with E-state index in [1.807, 2.05) is 34.6 Å². The first kappa shape index (κ1) is 22.7. The average molecular weight is 510 g/mol. The molecule has 4 atom stereocenters. The normalized spacial score (nSPS) is 24.9. The number of nitrogens with zero attached hydrogens (tertiary/aromatic N) is 1. The van der Waals surface area contributed by atoms with Gasteiger partial charge < -0.3 is 16.4 Å².